The third kappa shape index (κ3) is 2.04. The molecule has 3 nitrogen and oxygen atoms in total. The predicted octanol–water partition coefficient (Wildman–Crippen LogP) is 1.30. The van der Waals surface area contributed by atoms with E-state index in [-0.39, 0.29) is 6.10 Å². The smallest absolute Gasteiger partial charge is 0.119 e. The molecular formula is C11H12N2O. The van der Waals surface area contributed by atoms with E-state index in [1.165, 1.54) is 0 Å². The minimum absolute atomic E-state index is 0.280. The van der Waals surface area contributed by atoms with Gasteiger partial charge in [-0.1, -0.05) is 0 Å². The standard InChI is InChI=1S/C11H12N2O/c12-7-9-1-3-10(4-2-9)14-11-5-6-13-8-11/h1-4,11,13H,5-6,8H2/t11-/m1/s1. The summed E-state index contributed by atoms with van der Waals surface area (Å²) in [5.74, 6) is 0.845. The lowest BCUT2D eigenvalue weighted by atomic mass is 10.2. The maximum Gasteiger partial charge on any atom is 0.119 e. The molecule has 1 N–H and O–H groups in total. The molecule has 1 heterocycles. The lowest BCUT2D eigenvalue weighted by Crippen LogP contribution is -2.19. The van der Waals surface area contributed by atoms with Gasteiger partial charge in [-0.15, -0.1) is 0 Å². The van der Waals surface area contributed by atoms with Crippen LogP contribution in [0.25, 0.3) is 0 Å². The lowest BCUT2D eigenvalue weighted by Gasteiger charge is -2.11. The van der Waals surface area contributed by atoms with Gasteiger partial charge in [0.2, 0.25) is 0 Å². The SMILES string of the molecule is N#Cc1ccc(O[C@@H]2CCNC2)cc1. The molecule has 0 unspecified atom stereocenters. The van der Waals surface area contributed by atoms with Crippen LogP contribution in [0.2, 0.25) is 0 Å². The van der Waals surface area contributed by atoms with Gasteiger partial charge in [0.15, 0.2) is 0 Å². The molecule has 1 aromatic rings. The fourth-order valence-electron chi connectivity index (χ4n) is 1.53. The second-order valence-electron chi connectivity index (χ2n) is 3.37. The number of nitriles is 1. The minimum Gasteiger partial charge on any atom is -0.489 e. The molecule has 0 aliphatic carbocycles. The van der Waals surface area contributed by atoms with E-state index in [9.17, 15) is 0 Å². The van der Waals surface area contributed by atoms with Gasteiger partial charge in [0.1, 0.15) is 11.9 Å². The molecule has 72 valence electrons. The van der Waals surface area contributed by atoms with Gasteiger partial charge >= 0.3 is 0 Å². The molecule has 1 saturated heterocycles. The second kappa shape index (κ2) is 4.12. The van der Waals surface area contributed by atoms with Gasteiger partial charge in [0.25, 0.3) is 0 Å². The Morgan fingerprint density at radius 2 is 2.14 bits per heavy atom. The van der Waals surface area contributed by atoms with Gasteiger partial charge in [-0.05, 0) is 37.2 Å². The Kier molecular flexibility index (Phi) is 2.66. The Morgan fingerprint density at radius 3 is 2.71 bits per heavy atom. The van der Waals surface area contributed by atoms with Crippen molar-refractivity contribution in [3.8, 4) is 11.8 Å². The van der Waals surface area contributed by atoms with E-state index in [0.717, 1.165) is 25.3 Å². The molecule has 0 bridgehead atoms. The van der Waals surface area contributed by atoms with Crippen LogP contribution in [0.3, 0.4) is 0 Å². The summed E-state index contributed by atoms with van der Waals surface area (Å²) in [5, 5.41) is 11.8. The highest BCUT2D eigenvalue weighted by molar-refractivity contribution is 5.34. The summed E-state index contributed by atoms with van der Waals surface area (Å²) in [7, 11) is 0. The van der Waals surface area contributed by atoms with Gasteiger partial charge in [-0.2, -0.15) is 5.26 Å². The Balaban J connectivity index is 1.99. The number of benzene rings is 1. The molecular weight excluding hydrogens is 176 g/mol. The molecule has 0 amide bonds. The van der Waals surface area contributed by atoms with Crippen LogP contribution >= 0.6 is 0 Å². The molecule has 0 radical (unpaired) electrons. The molecule has 1 fully saturated rings. The Morgan fingerprint density at radius 1 is 1.36 bits per heavy atom. The second-order valence-corrected chi connectivity index (χ2v) is 3.37. The summed E-state index contributed by atoms with van der Waals surface area (Å²) >= 11 is 0. The van der Waals surface area contributed by atoms with Crippen LogP contribution < -0.4 is 10.1 Å². The summed E-state index contributed by atoms with van der Waals surface area (Å²) in [6.45, 7) is 1.95. The summed E-state index contributed by atoms with van der Waals surface area (Å²) in [6.07, 6.45) is 1.34. The third-order valence-corrected chi connectivity index (χ3v) is 2.30. The maximum absolute atomic E-state index is 8.61. The number of nitrogens with zero attached hydrogens (tertiary/aromatic N) is 1. The van der Waals surface area contributed by atoms with E-state index < -0.39 is 0 Å². The average molecular weight is 188 g/mol. The van der Waals surface area contributed by atoms with E-state index in [2.05, 4.69) is 11.4 Å². The first-order valence-electron chi connectivity index (χ1n) is 4.76. The van der Waals surface area contributed by atoms with E-state index in [1.807, 2.05) is 12.1 Å². The van der Waals surface area contributed by atoms with Crippen molar-refractivity contribution < 1.29 is 4.74 Å². The van der Waals surface area contributed by atoms with E-state index in [0.29, 0.717) is 5.56 Å². The Hall–Kier alpha value is -1.53. The number of hydrogen-bond donors (Lipinski definition) is 1. The number of rotatable bonds is 2. The maximum atomic E-state index is 8.61. The fraction of sp³-hybridized carbons (Fsp3) is 0.364. The quantitative estimate of drug-likeness (QED) is 0.760. The van der Waals surface area contributed by atoms with E-state index in [4.69, 9.17) is 10.00 Å². The van der Waals surface area contributed by atoms with Crippen molar-refractivity contribution in [3.05, 3.63) is 29.8 Å². The van der Waals surface area contributed by atoms with Crippen LogP contribution in [0.15, 0.2) is 24.3 Å². The topological polar surface area (TPSA) is 45.0 Å². The van der Waals surface area contributed by atoms with Gasteiger partial charge in [0, 0.05) is 6.54 Å². The van der Waals surface area contributed by atoms with Crippen LogP contribution in [-0.4, -0.2) is 19.2 Å². The van der Waals surface area contributed by atoms with E-state index in [1.54, 1.807) is 12.1 Å². The summed E-state index contributed by atoms with van der Waals surface area (Å²) in [4.78, 5) is 0. The zero-order valence-corrected chi connectivity index (χ0v) is 7.86. The zero-order chi connectivity index (χ0) is 9.80. The van der Waals surface area contributed by atoms with Crippen molar-refractivity contribution in [3.63, 3.8) is 0 Å². The summed E-state index contributed by atoms with van der Waals surface area (Å²) in [5.41, 5.74) is 0.668. The monoisotopic (exact) mass is 188 g/mol. The molecule has 1 aliphatic heterocycles. The summed E-state index contributed by atoms with van der Waals surface area (Å²) in [6, 6.07) is 9.32. The minimum atomic E-state index is 0.280. The van der Waals surface area contributed by atoms with Crippen molar-refractivity contribution in [2.45, 2.75) is 12.5 Å². The van der Waals surface area contributed by atoms with Gasteiger partial charge in [-0.25, -0.2) is 0 Å². The average Bonchev–Trinajstić information content (AvgIpc) is 2.72. The van der Waals surface area contributed by atoms with E-state index >= 15 is 0 Å². The fourth-order valence-corrected chi connectivity index (χ4v) is 1.53. The van der Waals surface area contributed by atoms with Crippen LogP contribution in [-0.2, 0) is 0 Å². The highest BCUT2D eigenvalue weighted by Crippen LogP contribution is 2.15. The molecule has 0 spiro atoms. The molecule has 1 atom stereocenters. The van der Waals surface area contributed by atoms with Gasteiger partial charge in [-0.3, -0.25) is 0 Å². The van der Waals surface area contributed by atoms with Gasteiger partial charge in [0.05, 0.1) is 11.6 Å². The molecule has 2 rings (SSSR count). The third-order valence-electron chi connectivity index (χ3n) is 2.30. The van der Waals surface area contributed by atoms with Crippen LogP contribution in [0.5, 0.6) is 5.75 Å². The van der Waals surface area contributed by atoms with Crippen molar-refractivity contribution >= 4 is 0 Å². The number of ether oxygens (including phenoxy) is 1. The van der Waals surface area contributed by atoms with Crippen molar-refractivity contribution in [1.29, 1.82) is 5.26 Å². The van der Waals surface area contributed by atoms with Crippen molar-refractivity contribution in [2.75, 3.05) is 13.1 Å². The molecule has 1 aliphatic rings. The number of hydrogen-bond acceptors (Lipinski definition) is 3. The molecule has 3 heteroatoms. The zero-order valence-electron chi connectivity index (χ0n) is 7.86. The number of nitrogens with one attached hydrogen (secondary N) is 1. The van der Waals surface area contributed by atoms with Gasteiger partial charge < -0.3 is 10.1 Å². The normalized spacial score (nSPS) is 20.4. The first kappa shape index (κ1) is 9.04. The molecule has 1 aromatic carbocycles. The highest BCUT2D eigenvalue weighted by Gasteiger charge is 2.15. The molecule has 0 aromatic heterocycles. The lowest BCUT2D eigenvalue weighted by molar-refractivity contribution is 0.223. The van der Waals surface area contributed by atoms with Crippen LogP contribution in [0, 0.1) is 11.3 Å². The first-order valence-corrected chi connectivity index (χ1v) is 4.76. The van der Waals surface area contributed by atoms with Crippen molar-refractivity contribution in [1.82, 2.24) is 5.32 Å². The van der Waals surface area contributed by atoms with Crippen molar-refractivity contribution in [2.24, 2.45) is 0 Å². The highest BCUT2D eigenvalue weighted by atomic mass is 16.5. The van der Waals surface area contributed by atoms with Crippen LogP contribution in [0.4, 0.5) is 0 Å². The largest absolute Gasteiger partial charge is 0.489 e. The summed E-state index contributed by atoms with van der Waals surface area (Å²) < 4.78 is 5.70. The Labute approximate surface area is 83.3 Å². The Bertz CT molecular complexity index is 333. The predicted molar refractivity (Wildman–Crippen MR) is 53.1 cm³/mol. The first-order chi connectivity index (χ1) is 6.88. The molecule has 0 saturated carbocycles. The van der Waals surface area contributed by atoms with Crippen LogP contribution in [0.1, 0.15) is 12.0 Å². The molecule has 14 heavy (non-hydrogen) atoms.